The van der Waals surface area contributed by atoms with Crippen molar-refractivity contribution in [2.75, 3.05) is 6.54 Å². The van der Waals surface area contributed by atoms with Crippen LogP contribution >= 0.6 is 0 Å². The second-order valence-corrected chi connectivity index (χ2v) is 10.0. The summed E-state index contributed by atoms with van der Waals surface area (Å²) in [5.41, 5.74) is 2.23. The molecule has 5 nitrogen and oxygen atoms in total. The molecule has 2 fully saturated rings. The molecule has 0 radical (unpaired) electrons. The van der Waals surface area contributed by atoms with E-state index in [1.807, 2.05) is 42.5 Å². The van der Waals surface area contributed by atoms with E-state index in [0.717, 1.165) is 55.3 Å². The first-order chi connectivity index (χ1) is 16.2. The van der Waals surface area contributed by atoms with E-state index in [4.69, 9.17) is 0 Å². The van der Waals surface area contributed by atoms with Gasteiger partial charge in [-0.3, -0.25) is 14.6 Å². The molecular weight excluding hydrogens is 410 g/mol. The van der Waals surface area contributed by atoms with Gasteiger partial charge in [-0.1, -0.05) is 62.8 Å². The second-order valence-electron chi connectivity index (χ2n) is 10.0. The summed E-state index contributed by atoms with van der Waals surface area (Å²) >= 11 is 0. The van der Waals surface area contributed by atoms with Gasteiger partial charge in [0.05, 0.1) is 11.5 Å². The summed E-state index contributed by atoms with van der Waals surface area (Å²) < 4.78 is 0. The molecule has 2 heterocycles. The Hall–Kier alpha value is -2.69. The van der Waals surface area contributed by atoms with Crippen LogP contribution in [0.2, 0.25) is 0 Å². The minimum absolute atomic E-state index is 0.0635. The first-order valence-electron chi connectivity index (χ1n) is 12.8. The fourth-order valence-electron chi connectivity index (χ4n) is 6.61. The van der Waals surface area contributed by atoms with Crippen molar-refractivity contribution in [3.05, 3.63) is 65.5 Å². The van der Waals surface area contributed by atoms with Crippen molar-refractivity contribution in [3.63, 3.8) is 0 Å². The largest absolute Gasteiger partial charge is 0.355 e. The minimum Gasteiger partial charge on any atom is -0.355 e. The Morgan fingerprint density at radius 1 is 0.970 bits per heavy atom. The predicted molar refractivity (Wildman–Crippen MR) is 129 cm³/mol. The second kappa shape index (κ2) is 9.66. The van der Waals surface area contributed by atoms with E-state index in [1.54, 1.807) is 6.20 Å². The van der Waals surface area contributed by atoms with E-state index in [9.17, 15) is 9.59 Å². The number of fused-ring (bicyclic) bond motifs is 1. The van der Waals surface area contributed by atoms with Gasteiger partial charge >= 0.3 is 0 Å². The van der Waals surface area contributed by atoms with Crippen molar-refractivity contribution < 1.29 is 9.59 Å². The molecule has 1 atom stereocenters. The average Bonchev–Trinajstić information content (AvgIpc) is 2.86. The van der Waals surface area contributed by atoms with Crippen molar-refractivity contribution in [1.82, 2.24) is 15.2 Å². The Bertz CT molecular complexity index is 978. The number of pyridine rings is 1. The van der Waals surface area contributed by atoms with Crippen LogP contribution in [0.15, 0.2) is 48.7 Å². The van der Waals surface area contributed by atoms with Crippen LogP contribution in [0.1, 0.15) is 91.7 Å². The third-order valence-electron chi connectivity index (χ3n) is 8.07. The molecule has 2 amide bonds. The average molecular weight is 446 g/mol. The van der Waals surface area contributed by atoms with Gasteiger partial charge in [0.1, 0.15) is 0 Å². The number of aromatic nitrogens is 1. The highest BCUT2D eigenvalue weighted by Gasteiger charge is 2.56. The van der Waals surface area contributed by atoms with Crippen LogP contribution in [0, 0.1) is 0 Å². The molecule has 1 aromatic carbocycles. The molecule has 5 heteroatoms. The maximum Gasteiger partial charge on any atom is 0.254 e. The SMILES string of the molecule is O=C(NCCc1ccccn1)C1c2ccccc2C(=O)N(C2CCCCC2)C12CCCCC2. The summed E-state index contributed by atoms with van der Waals surface area (Å²) in [6.45, 7) is 0.558. The van der Waals surface area contributed by atoms with Crippen molar-refractivity contribution >= 4 is 11.8 Å². The lowest BCUT2D eigenvalue weighted by atomic mass is 9.64. The molecule has 1 unspecified atom stereocenters. The zero-order valence-corrected chi connectivity index (χ0v) is 19.5. The number of rotatable bonds is 5. The molecule has 2 aromatic rings. The molecule has 2 aliphatic carbocycles. The lowest BCUT2D eigenvalue weighted by Gasteiger charge is -2.57. The van der Waals surface area contributed by atoms with Gasteiger partial charge < -0.3 is 10.2 Å². The van der Waals surface area contributed by atoms with Crippen LogP contribution in [0.4, 0.5) is 0 Å². The van der Waals surface area contributed by atoms with E-state index in [0.29, 0.717) is 13.0 Å². The highest BCUT2D eigenvalue weighted by atomic mass is 16.2. The molecule has 33 heavy (non-hydrogen) atoms. The number of amides is 2. The molecule has 0 saturated heterocycles. The molecular formula is C28H35N3O2. The summed E-state index contributed by atoms with van der Waals surface area (Å²) in [5.74, 6) is -0.0946. The number of nitrogens with one attached hydrogen (secondary N) is 1. The first-order valence-corrected chi connectivity index (χ1v) is 12.8. The number of carbonyl (C=O) groups is 2. The molecule has 1 aromatic heterocycles. The maximum atomic E-state index is 13.9. The number of carbonyl (C=O) groups excluding carboxylic acids is 2. The van der Waals surface area contributed by atoms with Crippen LogP contribution in [0.25, 0.3) is 0 Å². The smallest absolute Gasteiger partial charge is 0.254 e. The lowest BCUT2D eigenvalue weighted by molar-refractivity contribution is -0.128. The molecule has 2 saturated carbocycles. The zero-order valence-electron chi connectivity index (χ0n) is 19.5. The summed E-state index contributed by atoms with van der Waals surface area (Å²) in [6, 6.07) is 14.0. The van der Waals surface area contributed by atoms with Gasteiger partial charge in [-0.2, -0.15) is 0 Å². The van der Waals surface area contributed by atoms with Crippen LogP contribution in [0.5, 0.6) is 0 Å². The summed E-state index contributed by atoms with van der Waals surface area (Å²) in [7, 11) is 0. The van der Waals surface area contributed by atoms with Crippen molar-refractivity contribution in [1.29, 1.82) is 0 Å². The first kappa shape index (κ1) is 22.1. The fourth-order valence-corrected chi connectivity index (χ4v) is 6.61. The molecule has 1 aliphatic heterocycles. The molecule has 174 valence electrons. The van der Waals surface area contributed by atoms with Crippen LogP contribution < -0.4 is 5.32 Å². The Kier molecular flexibility index (Phi) is 6.48. The molecule has 1 spiro atoms. The van der Waals surface area contributed by atoms with Crippen LogP contribution in [-0.2, 0) is 11.2 Å². The van der Waals surface area contributed by atoms with Crippen molar-refractivity contribution in [2.24, 2.45) is 0 Å². The Morgan fingerprint density at radius 2 is 1.70 bits per heavy atom. The van der Waals surface area contributed by atoms with Gasteiger partial charge in [-0.25, -0.2) is 0 Å². The van der Waals surface area contributed by atoms with E-state index >= 15 is 0 Å². The monoisotopic (exact) mass is 445 g/mol. The fraction of sp³-hybridized carbons (Fsp3) is 0.536. The van der Waals surface area contributed by atoms with Gasteiger partial charge in [0.25, 0.3) is 5.91 Å². The van der Waals surface area contributed by atoms with Gasteiger partial charge in [0.2, 0.25) is 5.91 Å². The lowest BCUT2D eigenvalue weighted by Crippen LogP contribution is -2.65. The topological polar surface area (TPSA) is 62.3 Å². The normalized spacial score (nSPS) is 22.7. The Labute approximate surface area is 197 Å². The van der Waals surface area contributed by atoms with Gasteiger partial charge in [0.15, 0.2) is 0 Å². The van der Waals surface area contributed by atoms with E-state index < -0.39 is 5.54 Å². The highest BCUT2D eigenvalue weighted by molar-refractivity contribution is 6.02. The maximum absolute atomic E-state index is 13.9. The van der Waals surface area contributed by atoms with E-state index in [-0.39, 0.29) is 23.8 Å². The minimum atomic E-state index is -0.402. The summed E-state index contributed by atoms with van der Waals surface area (Å²) in [4.78, 5) is 34.4. The predicted octanol–water partition coefficient (Wildman–Crippen LogP) is 5.02. The van der Waals surface area contributed by atoms with Gasteiger partial charge in [-0.05, 0) is 49.4 Å². The molecule has 0 bridgehead atoms. The Morgan fingerprint density at radius 3 is 2.45 bits per heavy atom. The summed E-state index contributed by atoms with van der Waals surface area (Å²) in [6.07, 6.45) is 13.4. The Balaban J connectivity index is 1.49. The van der Waals surface area contributed by atoms with E-state index in [2.05, 4.69) is 15.2 Å². The van der Waals surface area contributed by atoms with Crippen LogP contribution in [0.3, 0.4) is 0 Å². The molecule has 5 rings (SSSR count). The van der Waals surface area contributed by atoms with Crippen molar-refractivity contribution in [3.8, 4) is 0 Å². The number of nitrogens with zero attached hydrogens (tertiary/aromatic N) is 2. The van der Waals surface area contributed by atoms with E-state index in [1.165, 1.54) is 25.7 Å². The van der Waals surface area contributed by atoms with Gasteiger partial charge in [-0.15, -0.1) is 0 Å². The number of hydrogen-bond acceptors (Lipinski definition) is 3. The third-order valence-corrected chi connectivity index (χ3v) is 8.07. The highest BCUT2D eigenvalue weighted by Crippen LogP contribution is 2.51. The standard InChI is InChI=1S/C28H35N3O2/c32-26(30-20-16-21-11-7-10-19-29-21)25-23-14-5-6-15-24(23)27(33)31(22-12-3-1-4-13-22)28(25)17-8-2-9-18-28/h5-7,10-11,14-15,19,22,25H,1-4,8-9,12-13,16-18,20H2,(H,30,32). The quantitative estimate of drug-likeness (QED) is 0.703. The zero-order chi connectivity index (χ0) is 22.7. The third kappa shape index (κ3) is 4.18. The number of benzene rings is 1. The van der Waals surface area contributed by atoms with Crippen LogP contribution in [-0.4, -0.2) is 39.8 Å². The molecule has 1 N–H and O–H groups in total. The number of hydrogen-bond donors (Lipinski definition) is 1. The van der Waals surface area contributed by atoms with Crippen molar-refractivity contribution in [2.45, 2.75) is 88.1 Å². The van der Waals surface area contributed by atoms with Gasteiger partial charge in [0, 0.05) is 36.5 Å². The molecule has 3 aliphatic rings. The summed E-state index contributed by atoms with van der Waals surface area (Å²) in [5, 5.41) is 3.23.